The van der Waals surface area contributed by atoms with Crippen LogP contribution in [0.25, 0.3) is 5.69 Å². The number of aromatic nitrogens is 2. The van der Waals surface area contributed by atoms with E-state index in [0.717, 1.165) is 16.9 Å². The van der Waals surface area contributed by atoms with Crippen LogP contribution in [0.1, 0.15) is 34.0 Å². The number of amides is 1. The second-order valence-corrected chi connectivity index (χ2v) is 6.83. The molecule has 2 aliphatic heterocycles. The molecule has 2 aliphatic rings. The van der Waals surface area contributed by atoms with Gasteiger partial charge in [-0.25, -0.2) is 4.68 Å². The van der Waals surface area contributed by atoms with Gasteiger partial charge in [0.25, 0.3) is 0 Å². The number of hydrogen-bond acceptors (Lipinski definition) is 5. The Morgan fingerprint density at radius 3 is 2.75 bits per heavy atom. The highest BCUT2D eigenvalue weighted by Crippen LogP contribution is 2.40. The lowest BCUT2D eigenvalue weighted by Gasteiger charge is -2.23. The molecular weight excluding hydrogens is 358 g/mol. The number of carbonyl (C=O) groups is 2. The molecule has 0 saturated carbocycles. The molecule has 0 fully saturated rings. The summed E-state index contributed by atoms with van der Waals surface area (Å²) in [4.78, 5) is 25.7. The molecule has 7 nitrogen and oxygen atoms in total. The van der Waals surface area contributed by atoms with Crippen LogP contribution in [0.5, 0.6) is 11.5 Å². The van der Waals surface area contributed by atoms with E-state index in [9.17, 15) is 9.59 Å². The van der Waals surface area contributed by atoms with Gasteiger partial charge in [0.2, 0.25) is 12.7 Å². The first-order valence-electron chi connectivity index (χ1n) is 9.00. The standard InChI is InChI=1S/C21H17N3O4/c1-12-19-15(20(26)13-7-8-16-17(9-13)28-11-27-16)10-18(25)22-21(19)24(23-12)14-5-3-2-4-6-14/h2-9,15H,10-11H2,1H3,(H,22,25)/t15-/m1/s1. The Kier molecular flexibility index (Phi) is 3.68. The van der Waals surface area contributed by atoms with E-state index in [0.29, 0.717) is 22.9 Å². The number of aryl methyl sites for hydroxylation is 1. The molecule has 140 valence electrons. The molecule has 28 heavy (non-hydrogen) atoms. The van der Waals surface area contributed by atoms with Gasteiger partial charge in [-0.1, -0.05) is 18.2 Å². The Balaban J connectivity index is 1.59. The van der Waals surface area contributed by atoms with Gasteiger partial charge in [0, 0.05) is 17.5 Å². The first kappa shape index (κ1) is 16.6. The van der Waals surface area contributed by atoms with Crippen molar-refractivity contribution in [1.29, 1.82) is 0 Å². The fourth-order valence-electron chi connectivity index (χ4n) is 3.78. The summed E-state index contributed by atoms with van der Waals surface area (Å²) in [6.07, 6.45) is 0.0849. The third-order valence-electron chi connectivity index (χ3n) is 5.08. The number of ether oxygens (including phenoxy) is 2. The maximum Gasteiger partial charge on any atom is 0.231 e. The highest BCUT2D eigenvalue weighted by atomic mass is 16.7. The number of Topliss-reactive ketones (excluding diaryl/α,β-unsaturated/α-hetero) is 1. The van der Waals surface area contributed by atoms with E-state index >= 15 is 0 Å². The summed E-state index contributed by atoms with van der Waals surface area (Å²) in [5.41, 5.74) is 2.79. The Morgan fingerprint density at radius 1 is 1.14 bits per heavy atom. The number of nitrogens with zero attached hydrogens (tertiary/aromatic N) is 2. The number of rotatable bonds is 3. The van der Waals surface area contributed by atoms with Crippen molar-refractivity contribution in [2.75, 3.05) is 12.1 Å². The smallest absolute Gasteiger partial charge is 0.231 e. The molecule has 3 heterocycles. The number of anilines is 1. The van der Waals surface area contributed by atoms with Gasteiger partial charge in [-0.3, -0.25) is 9.59 Å². The van der Waals surface area contributed by atoms with E-state index in [1.165, 1.54) is 0 Å². The molecule has 3 aromatic rings. The van der Waals surface area contributed by atoms with Gasteiger partial charge in [-0.15, -0.1) is 0 Å². The van der Waals surface area contributed by atoms with Crippen LogP contribution in [0.4, 0.5) is 5.82 Å². The minimum absolute atomic E-state index is 0.0849. The van der Waals surface area contributed by atoms with E-state index in [1.54, 1.807) is 22.9 Å². The van der Waals surface area contributed by atoms with E-state index in [2.05, 4.69) is 10.4 Å². The van der Waals surface area contributed by atoms with Gasteiger partial charge in [-0.05, 0) is 37.3 Å². The maximum atomic E-state index is 13.3. The summed E-state index contributed by atoms with van der Waals surface area (Å²) in [5, 5.41) is 7.48. The second-order valence-electron chi connectivity index (χ2n) is 6.83. The molecule has 0 radical (unpaired) electrons. The fourth-order valence-corrected chi connectivity index (χ4v) is 3.78. The average molecular weight is 375 g/mol. The van der Waals surface area contributed by atoms with Crippen molar-refractivity contribution in [3.05, 3.63) is 65.4 Å². The molecule has 1 N–H and O–H groups in total. The van der Waals surface area contributed by atoms with Crippen molar-refractivity contribution < 1.29 is 19.1 Å². The quantitative estimate of drug-likeness (QED) is 0.711. The van der Waals surface area contributed by atoms with Crippen molar-refractivity contribution in [2.24, 2.45) is 0 Å². The second kappa shape index (κ2) is 6.23. The van der Waals surface area contributed by atoms with Gasteiger partial charge in [0.05, 0.1) is 17.3 Å². The number of benzene rings is 2. The van der Waals surface area contributed by atoms with Gasteiger partial charge in [-0.2, -0.15) is 5.10 Å². The molecule has 1 amide bonds. The zero-order valence-corrected chi connectivity index (χ0v) is 15.1. The van der Waals surface area contributed by atoms with Crippen molar-refractivity contribution in [3.8, 4) is 17.2 Å². The monoisotopic (exact) mass is 375 g/mol. The molecule has 0 unspecified atom stereocenters. The summed E-state index contributed by atoms with van der Waals surface area (Å²) in [7, 11) is 0. The number of nitrogens with one attached hydrogen (secondary N) is 1. The van der Waals surface area contributed by atoms with Crippen molar-refractivity contribution in [1.82, 2.24) is 9.78 Å². The lowest BCUT2D eigenvalue weighted by atomic mass is 9.85. The summed E-state index contributed by atoms with van der Waals surface area (Å²) in [5.74, 6) is 0.782. The van der Waals surface area contributed by atoms with Gasteiger partial charge >= 0.3 is 0 Å². The molecule has 1 atom stereocenters. The van der Waals surface area contributed by atoms with Crippen LogP contribution in [-0.2, 0) is 4.79 Å². The highest BCUT2D eigenvalue weighted by molar-refractivity contribution is 6.08. The third-order valence-corrected chi connectivity index (χ3v) is 5.08. The third kappa shape index (κ3) is 2.55. The predicted molar refractivity (Wildman–Crippen MR) is 101 cm³/mol. The molecule has 0 spiro atoms. The first-order chi connectivity index (χ1) is 13.6. The van der Waals surface area contributed by atoms with E-state index in [1.807, 2.05) is 37.3 Å². The Morgan fingerprint density at radius 2 is 1.93 bits per heavy atom. The SMILES string of the molecule is Cc1nn(-c2ccccc2)c2c1[C@H](C(=O)c1ccc3c(c1)OCO3)CC(=O)N2. The van der Waals surface area contributed by atoms with Crippen LogP contribution in [0.2, 0.25) is 0 Å². The van der Waals surface area contributed by atoms with Crippen LogP contribution in [-0.4, -0.2) is 28.3 Å². The zero-order valence-electron chi connectivity index (χ0n) is 15.1. The number of ketones is 1. The van der Waals surface area contributed by atoms with Crippen LogP contribution in [0.3, 0.4) is 0 Å². The Labute approximate surface area is 160 Å². The van der Waals surface area contributed by atoms with Crippen molar-refractivity contribution in [2.45, 2.75) is 19.3 Å². The summed E-state index contributed by atoms with van der Waals surface area (Å²) in [6.45, 7) is 2.00. The highest BCUT2D eigenvalue weighted by Gasteiger charge is 2.36. The van der Waals surface area contributed by atoms with Crippen LogP contribution in [0, 0.1) is 6.92 Å². The number of carbonyl (C=O) groups excluding carboxylic acids is 2. The number of para-hydroxylation sites is 1. The van der Waals surface area contributed by atoms with E-state index in [-0.39, 0.29) is 24.9 Å². The molecule has 2 aromatic carbocycles. The fraction of sp³-hybridized carbons (Fsp3) is 0.190. The van der Waals surface area contributed by atoms with Gasteiger partial charge < -0.3 is 14.8 Å². The summed E-state index contributed by atoms with van der Waals surface area (Å²) < 4.78 is 12.4. The molecule has 0 bridgehead atoms. The van der Waals surface area contributed by atoms with E-state index < -0.39 is 5.92 Å². The average Bonchev–Trinajstić information content (AvgIpc) is 3.31. The lowest BCUT2D eigenvalue weighted by molar-refractivity contribution is -0.116. The van der Waals surface area contributed by atoms with Crippen LogP contribution >= 0.6 is 0 Å². The largest absolute Gasteiger partial charge is 0.454 e. The Bertz CT molecular complexity index is 1100. The first-order valence-corrected chi connectivity index (χ1v) is 9.00. The minimum atomic E-state index is -0.596. The van der Waals surface area contributed by atoms with Gasteiger partial charge in [0.1, 0.15) is 5.82 Å². The maximum absolute atomic E-state index is 13.3. The van der Waals surface area contributed by atoms with Gasteiger partial charge in [0.15, 0.2) is 17.3 Å². The van der Waals surface area contributed by atoms with Crippen LogP contribution < -0.4 is 14.8 Å². The van der Waals surface area contributed by atoms with Crippen molar-refractivity contribution >= 4 is 17.5 Å². The predicted octanol–water partition coefficient (Wildman–Crippen LogP) is 3.22. The molecule has 0 aliphatic carbocycles. The number of fused-ring (bicyclic) bond motifs is 2. The van der Waals surface area contributed by atoms with Crippen molar-refractivity contribution in [3.63, 3.8) is 0 Å². The molecule has 7 heteroatoms. The molecule has 0 saturated heterocycles. The van der Waals surface area contributed by atoms with E-state index in [4.69, 9.17) is 9.47 Å². The minimum Gasteiger partial charge on any atom is -0.454 e. The number of hydrogen-bond donors (Lipinski definition) is 1. The normalized spacial score (nSPS) is 17.2. The molecular formula is C21H17N3O4. The Hall–Kier alpha value is -3.61. The summed E-state index contributed by atoms with van der Waals surface area (Å²) >= 11 is 0. The van der Waals surface area contributed by atoms with Crippen LogP contribution in [0.15, 0.2) is 48.5 Å². The molecule has 1 aromatic heterocycles. The lowest BCUT2D eigenvalue weighted by Crippen LogP contribution is -2.28. The topological polar surface area (TPSA) is 82.5 Å². The zero-order chi connectivity index (χ0) is 19.3. The molecule has 5 rings (SSSR count). The summed E-state index contributed by atoms with van der Waals surface area (Å²) in [6, 6.07) is 14.6.